The summed E-state index contributed by atoms with van der Waals surface area (Å²) in [5.41, 5.74) is 3.42. The summed E-state index contributed by atoms with van der Waals surface area (Å²) in [5, 5.41) is 5.33. The molecule has 2 aliphatic rings. The minimum atomic E-state index is -0.0604. The molecule has 1 aromatic carbocycles. The number of rotatable bonds is 3. The largest absolute Gasteiger partial charge is 0.356 e. The van der Waals surface area contributed by atoms with Crippen LogP contribution in [-0.2, 0) is 0 Å². The van der Waals surface area contributed by atoms with Crippen molar-refractivity contribution in [1.29, 1.82) is 0 Å². The van der Waals surface area contributed by atoms with Crippen LogP contribution in [0.2, 0.25) is 5.02 Å². The Bertz CT molecular complexity index is 1130. The smallest absolute Gasteiger partial charge is 0.255 e. The Hall–Kier alpha value is -2.60. The molecule has 2 aliphatic heterocycles. The van der Waals surface area contributed by atoms with E-state index in [9.17, 15) is 4.79 Å². The van der Waals surface area contributed by atoms with Crippen molar-refractivity contribution in [2.75, 3.05) is 24.5 Å². The molecule has 0 bridgehead atoms. The second-order valence-electron chi connectivity index (χ2n) is 8.95. The van der Waals surface area contributed by atoms with Gasteiger partial charge in [0, 0.05) is 37.5 Å². The van der Waals surface area contributed by atoms with Crippen molar-refractivity contribution >= 4 is 29.0 Å². The quantitative estimate of drug-likeness (QED) is 0.584. The number of benzene rings is 1. The molecule has 6 nitrogen and oxygen atoms in total. The van der Waals surface area contributed by atoms with Gasteiger partial charge in [0.05, 0.1) is 22.3 Å². The van der Waals surface area contributed by atoms with Gasteiger partial charge in [-0.15, -0.1) is 0 Å². The molecular weight excluding hydrogens is 410 g/mol. The summed E-state index contributed by atoms with van der Waals surface area (Å²) >= 11 is 6.32. The molecule has 4 heterocycles. The van der Waals surface area contributed by atoms with Crippen LogP contribution in [-0.4, -0.2) is 45.0 Å². The summed E-state index contributed by atoms with van der Waals surface area (Å²) in [4.78, 5) is 22.6. The molecule has 2 aromatic heterocycles. The van der Waals surface area contributed by atoms with Crippen molar-refractivity contribution in [3.63, 3.8) is 0 Å². The number of carbonyl (C=O) groups is 1. The first-order chi connectivity index (χ1) is 15.0. The lowest BCUT2D eigenvalue weighted by Gasteiger charge is -2.35. The van der Waals surface area contributed by atoms with Gasteiger partial charge in [-0.3, -0.25) is 4.79 Å². The van der Waals surface area contributed by atoms with E-state index in [1.807, 2.05) is 27.6 Å². The number of halogens is 1. The molecule has 162 valence electrons. The molecule has 0 spiro atoms. The Morgan fingerprint density at radius 2 is 2.00 bits per heavy atom. The van der Waals surface area contributed by atoms with Crippen molar-refractivity contribution in [2.45, 2.75) is 45.6 Å². The molecule has 0 radical (unpaired) electrons. The van der Waals surface area contributed by atoms with Crippen LogP contribution >= 0.6 is 11.6 Å². The summed E-state index contributed by atoms with van der Waals surface area (Å²) in [6.07, 6.45) is 6.24. The van der Waals surface area contributed by atoms with Crippen molar-refractivity contribution in [1.82, 2.24) is 19.5 Å². The Morgan fingerprint density at radius 1 is 1.16 bits per heavy atom. The number of hydrogen-bond donors (Lipinski definition) is 0. The van der Waals surface area contributed by atoms with Gasteiger partial charge in [-0.25, -0.2) is 9.50 Å². The molecule has 0 N–H and O–H groups in total. The third-order valence-electron chi connectivity index (χ3n) is 6.56. The molecule has 1 amide bonds. The van der Waals surface area contributed by atoms with E-state index in [1.54, 1.807) is 12.1 Å². The average Bonchev–Trinajstić information content (AvgIpc) is 3.38. The third-order valence-corrected chi connectivity index (χ3v) is 6.89. The zero-order chi connectivity index (χ0) is 21.5. The van der Waals surface area contributed by atoms with E-state index in [0.717, 1.165) is 55.1 Å². The standard InChI is InChI=1S/C24H28ClN5O/c1-16-10-12-28(14-16)23-17(2)15-30-22(26-23)13-20(27-30)21-9-5-6-11-29(21)24(31)18-7-3-4-8-19(18)25/h3-4,7-8,13,15-16,21H,5-6,9-12,14H2,1-2H3/t16-,21-/m0/s1. The van der Waals surface area contributed by atoms with Crippen LogP contribution in [0.15, 0.2) is 36.5 Å². The van der Waals surface area contributed by atoms with E-state index in [1.165, 1.54) is 6.42 Å². The summed E-state index contributed by atoms with van der Waals surface area (Å²) in [7, 11) is 0. The Kier molecular flexibility index (Phi) is 5.34. The maximum Gasteiger partial charge on any atom is 0.255 e. The molecule has 7 heteroatoms. The average molecular weight is 438 g/mol. The number of nitrogens with zero attached hydrogens (tertiary/aromatic N) is 5. The highest BCUT2D eigenvalue weighted by atomic mass is 35.5. The van der Waals surface area contributed by atoms with Gasteiger partial charge in [0.1, 0.15) is 5.82 Å². The van der Waals surface area contributed by atoms with E-state index >= 15 is 0 Å². The molecular formula is C24H28ClN5O. The fraction of sp³-hybridized carbons (Fsp3) is 0.458. The first kappa shape index (κ1) is 20.3. The second kappa shape index (κ2) is 8.15. The fourth-order valence-corrected chi connectivity index (χ4v) is 5.12. The molecule has 0 aliphatic carbocycles. The van der Waals surface area contributed by atoms with Gasteiger partial charge in [-0.2, -0.15) is 5.10 Å². The maximum atomic E-state index is 13.3. The zero-order valence-electron chi connectivity index (χ0n) is 18.1. The molecule has 31 heavy (non-hydrogen) atoms. The molecule has 0 unspecified atom stereocenters. The van der Waals surface area contributed by atoms with E-state index < -0.39 is 0 Å². The zero-order valence-corrected chi connectivity index (χ0v) is 18.8. The van der Waals surface area contributed by atoms with Crippen LogP contribution in [0.3, 0.4) is 0 Å². The van der Waals surface area contributed by atoms with Gasteiger partial charge in [0.25, 0.3) is 5.91 Å². The molecule has 3 aromatic rings. The Balaban J connectivity index is 1.48. The Morgan fingerprint density at radius 3 is 2.77 bits per heavy atom. The molecule has 2 saturated heterocycles. The van der Waals surface area contributed by atoms with Gasteiger partial charge in [-0.1, -0.05) is 30.7 Å². The van der Waals surface area contributed by atoms with Crippen LogP contribution in [0.25, 0.3) is 5.65 Å². The summed E-state index contributed by atoms with van der Waals surface area (Å²) in [6, 6.07) is 9.26. The first-order valence-corrected chi connectivity index (χ1v) is 11.6. The predicted octanol–water partition coefficient (Wildman–Crippen LogP) is 4.90. The normalized spacial score (nSPS) is 21.8. The molecule has 0 saturated carbocycles. The first-order valence-electron chi connectivity index (χ1n) is 11.2. The number of aromatic nitrogens is 3. The third kappa shape index (κ3) is 3.78. The van der Waals surface area contributed by atoms with Crippen LogP contribution in [0.5, 0.6) is 0 Å². The highest BCUT2D eigenvalue weighted by Gasteiger charge is 2.32. The second-order valence-corrected chi connectivity index (χ2v) is 9.36. The molecule has 2 atom stereocenters. The minimum Gasteiger partial charge on any atom is -0.356 e. The van der Waals surface area contributed by atoms with E-state index in [2.05, 4.69) is 24.9 Å². The van der Waals surface area contributed by atoms with Crippen LogP contribution < -0.4 is 4.90 Å². The number of anilines is 1. The number of fused-ring (bicyclic) bond motifs is 1. The number of piperidine rings is 1. The summed E-state index contributed by atoms with van der Waals surface area (Å²) < 4.78 is 1.86. The van der Waals surface area contributed by atoms with Crippen LogP contribution in [0, 0.1) is 12.8 Å². The SMILES string of the molecule is Cc1cn2nc([C@@H]3CCCCN3C(=O)c3ccccc3Cl)cc2nc1N1CC[C@H](C)C1. The fourth-order valence-electron chi connectivity index (χ4n) is 4.90. The van der Waals surface area contributed by atoms with Gasteiger partial charge in [-0.05, 0) is 50.7 Å². The van der Waals surface area contributed by atoms with Gasteiger partial charge < -0.3 is 9.80 Å². The van der Waals surface area contributed by atoms with Crippen molar-refractivity contribution < 1.29 is 4.79 Å². The summed E-state index contributed by atoms with van der Waals surface area (Å²) in [6.45, 7) is 7.20. The van der Waals surface area contributed by atoms with Gasteiger partial charge >= 0.3 is 0 Å². The highest BCUT2D eigenvalue weighted by Crippen LogP contribution is 2.33. The summed E-state index contributed by atoms with van der Waals surface area (Å²) in [5.74, 6) is 1.73. The van der Waals surface area contributed by atoms with Crippen LogP contribution in [0.4, 0.5) is 5.82 Å². The highest BCUT2D eigenvalue weighted by molar-refractivity contribution is 6.33. The molecule has 2 fully saturated rings. The number of carbonyl (C=O) groups excluding carboxylic acids is 1. The lowest BCUT2D eigenvalue weighted by molar-refractivity contribution is 0.0606. The minimum absolute atomic E-state index is 0.0248. The van der Waals surface area contributed by atoms with Crippen LogP contribution in [0.1, 0.15) is 60.3 Å². The lowest BCUT2D eigenvalue weighted by atomic mass is 9.98. The number of aryl methyl sites for hydroxylation is 1. The number of hydrogen-bond acceptors (Lipinski definition) is 4. The van der Waals surface area contributed by atoms with Crippen molar-refractivity contribution in [3.05, 3.63) is 58.4 Å². The van der Waals surface area contributed by atoms with Crippen molar-refractivity contribution in [2.24, 2.45) is 5.92 Å². The number of likely N-dealkylation sites (tertiary alicyclic amines) is 1. The Labute approximate surface area is 187 Å². The van der Waals surface area contributed by atoms with Gasteiger partial charge in [0.15, 0.2) is 5.65 Å². The maximum absolute atomic E-state index is 13.3. The topological polar surface area (TPSA) is 53.7 Å². The predicted molar refractivity (Wildman–Crippen MR) is 123 cm³/mol. The van der Waals surface area contributed by atoms with Gasteiger partial charge in [0.2, 0.25) is 0 Å². The number of amides is 1. The monoisotopic (exact) mass is 437 g/mol. The van der Waals surface area contributed by atoms with E-state index in [-0.39, 0.29) is 11.9 Å². The lowest BCUT2D eigenvalue weighted by Crippen LogP contribution is -2.38. The van der Waals surface area contributed by atoms with E-state index in [4.69, 9.17) is 21.7 Å². The molecule has 5 rings (SSSR count). The van der Waals surface area contributed by atoms with E-state index in [0.29, 0.717) is 23.0 Å². The van der Waals surface area contributed by atoms with Crippen molar-refractivity contribution in [3.8, 4) is 0 Å².